The van der Waals surface area contributed by atoms with Gasteiger partial charge in [0.1, 0.15) is 0 Å². The van der Waals surface area contributed by atoms with Crippen LogP contribution in [0.1, 0.15) is 29.6 Å². The summed E-state index contributed by atoms with van der Waals surface area (Å²) in [7, 11) is 0. The van der Waals surface area contributed by atoms with Gasteiger partial charge in [-0.15, -0.1) is 0 Å². The van der Waals surface area contributed by atoms with Crippen molar-refractivity contribution in [3.8, 4) is 0 Å². The third-order valence-corrected chi connectivity index (χ3v) is 6.37. The number of ether oxygens (including phenoxy) is 1. The Labute approximate surface area is 200 Å². The second-order valence-electron chi connectivity index (χ2n) is 7.86. The number of ketones is 1. The summed E-state index contributed by atoms with van der Waals surface area (Å²) in [5.74, 6) is 0.348. The zero-order valence-electron chi connectivity index (χ0n) is 17.7. The molecule has 2 aromatic carbocycles. The first-order valence-corrected chi connectivity index (χ1v) is 11.8. The van der Waals surface area contributed by atoms with E-state index in [9.17, 15) is 9.59 Å². The van der Waals surface area contributed by atoms with E-state index >= 15 is 0 Å². The topological polar surface area (TPSA) is 84.4 Å². The standard InChI is InChI=1S/C24H25IN4O3/c25-19-4-2-17(3-5-19)23(30)18-8-13-29(14-9-18)12-1-15-32-24(31)28-20-6-7-21-22(16-20)27-11-10-26-21/h2-7,10-11,16,18H,1,8-9,12-15H2,(H,28,31). The Morgan fingerprint density at radius 2 is 1.75 bits per heavy atom. The molecule has 4 rings (SSSR count). The molecular weight excluding hydrogens is 519 g/mol. The van der Waals surface area contributed by atoms with Crippen LogP contribution in [-0.2, 0) is 4.74 Å². The molecule has 0 spiro atoms. The second kappa shape index (κ2) is 10.8. The zero-order chi connectivity index (χ0) is 22.3. The van der Waals surface area contributed by atoms with Crippen molar-refractivity contribution in [3.05, 3.63) is 64.0 Å². The molecule has 3 aromatic rings. The number of nitrogens with one attached hydrogen (secondary N) is 1. The molecule has 1 fully saturated rings. The number of Topliss-reactive ketones (excluding diaryl/α,β-unsaturated/α-hetero) is 1. The number of aromatic nitrogens is 2. The summed E-state index contributed by atoms with van der Waals surface area (Å²) in [6.45, 7) is 2.99. The predicted molar refractivity (Wildman–Crippen MR) is 132 cm³/mol. The highest BCUT2D eigenvalue weighted by Crippen LogP contribution is 2.22. The van der Waals surface area contributed by atoms with Crippen LogP contribution in [0.15, 0.2) is 54.9 Å². The molecule has 0 atom stereocenters. The van der Waals surface area contributed by atoms with Gasteiger partial charge in [0.2, 0.25) is 0 Å². The van der Waals surface area contributed by atoms with Crippen LogP contribution in [0, 0.1) is 9.49 Å². The SMILES string of the molecule is O=C(Nc1ccc2nccnc2c1)OCCCN1CCC(C(=O)c2ccc(I)cc2)CC1. The molecule has 2 heterocycles. The highest BCUT2D eigenvalue weighted by atomic mass is 127. The molecule has 0 saturated carbocycles. The molecule has 1 aliphatic heterocycles. The minimum Gasteiger partial charge on any atom is -0.449 e. The van der Waals surface area contributed by atoms with Crippen molar-refractivity contribution in [2.24, 2.45) is 5.92 Å². The summed E-state index contributed by atoms with van der Waals surface area (Å²) >= 11 is 2.25. The summed E-state index contributed by atoms with van der Waals surface area (Å²) in [6, 6.07) is 13.2. The lowest BCUT2D eigenvalue weighted by Gasteiger charge is -2.31. The normalized spacial score (nSPS) is 14.9. The monoisotopic (exact) mass is 544 g/mol. The molecule has 32 heavy (non-hydrogen) atoms. The number of likely N-dealkylation sites (tertiary alicyclic amines) is 1. The van der Waals surface area contributed by atoms with Gasteiger partial charge in [-0.3, -0.25) is 20.1 Å². The Morgan fingerprint density at radius 3 is 2.50 bits per heavy atom. The molecule has 0 bridgehead atoms. The molecule has 1 amide bonds. The van der Waals surface area contributed by atoms with Crippen molar-refractivity contribution < 1.29 is 14.3 Å². The maximum atomic E-state index is 12.7. The highest BCUT2D eigenvalue weighted by Gasteiger charge is 2.25. The van der Waals surface area contributed by atoms with Gasteiger partial charge in [0.05, 0.1) is 17.6 Å². The van der Waals surface area contributed by atoms with E-state index in [0.29, 0.717) is 17.8 Å². The fourth-order valence-electron chi connectivity index (χ4n) is 3.92. The van der Waals surface area contributed by atoms with E-state index in [4.69, 9.17) is 4.74 Å². The summed E-state index contributed by atoms with van der Waals surface area (Å²) in [6.07, 6.45) is 5.27. The molecule has 1 aromatic heterocycles. The van der Waals surface area contributed by atoms with Crippen molar-refractivity contribution in [1.82, 2.24) is 14.9 Å². The third kappa shape index (κ3) is 6.01. The number of benzene rings is 2. The van der Waals surface area contributed by atoms with Crippen molar-refractivity contribution >= 4 is 51.2 Å². The Hall–Kier alpha value is -2.59. The Bertz CT molecular complexity index is 1080. The van der Waals surface area contributed by atoms with E-state index in [1.165, 1.54) is 0 Å². The highest BCUT2D eigenvalue weighted by molar-refractivity contribution is 14.1. The van der Waals surface area contributed by atoms with Gasteiger partial charge in [0, 0.05) is 39.7 Å². The maximum absolute atomic E-state index is 12.7. The van der Waals surface area contributed by atoms with E-state index in [1.54, 1.807) is 24.5 Å². The molecular formula is C24H25IN4O3. The smallest absolute Gasteiger partial charge is 0.411 e. The zero-order valence-corrected chi connectivity index (χ0v) is 19.8. The van der Waals surface area contributed by atoms with Gasteiger partial charge in [0.25, 0.3) is 0 Å². The largest absolute Gasteiger partial charge is 0.449 e. The van der Waals surface area contributed by atoms with E-state index in [0.717, 1.165) is 53.5 Å². The Kier molecular flexibility index (Phi) is 7.64. The predicted octanol–water partition coefficient (Wildman–Crippen LogP) is 4.77. The average molecular weight is 544 g/mol. The van der Waals surface area contributed by atoms with Gasteiger partial charge in [-0.1, -0.05) is 12.1 Å². The first-order valence-electron chi connectivity index (χ1n) is 10.8. The average Bonchev–Trinajstić information content (AvgIpc) is 2.82. The van der Waals surface area contributed by atoms with Gasteiger partial charge in [-0.2, -0.15) is 0 Å². The summed E-state index contributed by atoms with van der Waals surface area (Å²) in [4.78, 5) is 35.5. The Morgan fingerprint density at radius 1 is 1.03 bits per heavy atom. The van der Waals surface area contributed by atoms with E-state index in [1.807, 2.05) is 30.3 Å². The molecule has 0 unspecified atom stereocenters. The van der Waals surface area contributed by atoms with E-state index in [-0.39, 0.29) is 11.7 Å². The summed E-state index contributed by atoms with van der Waals surface area (Å²) in [5.41, 5.74) is 2.93. The van der Waals surface area contributed by atoms with Crippen molar-refractivity contribution in [1.29, 1.82) is 0 Å². The number of piperidine rings is 1. The molecule has 0 aliphatic carbocycles. The van der Waals surface area contributed by atoms with Crippen LogP contribution >= 0.6 is 22.6 Å². The number of halogens is 1. The van der Waals surface area contributed by atoms with Gasteiger partial charge in [-0.25, -0.2) is 4.79 Å². The second-order valence-corrected chi connectivity index (χ2v) is 9.11. The summed E-state index contributed by atoms with van der Waals surface area (Å²) in [5, 5.41) is 2.73. The van der Waals surface area contributed by atoms with Gasteiger partial charge in [0.15, 0.2) is 5.78 Å². The fourth-order valence-corrected chi connectivity index (χ4v) is 4.28. The minimum absolute atomic E-state index is 0.0972. The molecule has 1 aliphatic rings. The number of anilines is 1. The maximum Gasteiger partial charge on any atom is 0.411 e. The van der Waals surface area contributed by atoms with E-state index < -0.39 is 6.09 Å². The molecule has 1 N–H and O–H groups in total. The molecule has 0 radical (unpaired) electrons. The summed E-state index contributed by atoms with van der Waals surface area (Å²) < 4.78 is 6.44. The van der Waals surface area contributed by atoms with Gasteiger partial charge >= 0.3 is 6.09 Å². The van der Waals surface area contributed by atoms with Crippen molar-refractivity contribution in [2.75, 3.05) is 31.6 Å². The van der Waals surface area contributed by atoms with Crippen molar-refractivity contribution in [3.63, 3.8) is 0 Å². The number of nitrogens with zero attached hydrogens (tertiary/aromatic N) is 3. The van der Waals surface area contributed by atoms with Gasteiger partial charge < -0.3 is 9.64 Å². The molecule has 7 nitrogen and oxygen atoms in total. The van der Waals surface area contributed by atoms with Crippen LogP contribution in [0.5, 0.6) is 0 Å². The Balaban J connectivity index is 1.14. The number of hydrogen-bond donors (Lipinski definition) is 1. The van der Waals surface area contributed by atoms with Crippen LogP contribution in [0.4, 0.5) is 10.5 Å². The third-order valence-electron chi connectivity index (χ3n) is 5.65. The van der Waals surface area contributed by atoms with Crippen LogP contribution in [0.3, 0.4) is 0 Å². The van der Waals surface area contributed by atoms with Crippen LogP contribution in [0.2, 0.25) is 0 Å². The lowest BCUT2D eigenvalue weighted by Crippen LogP contribution is -2.37. The quantitative estimate of drug-likeness (QED) is 0.262. The van der Waals surface area contributed by atoms with Crippen molar-refractivity contribution in [2.45, 2.75) is 19.3 Å². The van der Waals surface area contributed by atoms with Gasteiger partial charge in [-0.05, 0) is 85.3 Å². The van der Waals surface area contributed by atoms with Crippen LogP contribution < -0.4 is 5.32 Å². The lowest BCUT2D eigenvalue weighted by atomic mass is 9.89. The number of carbonyl (C=O) groups excluding carboxylic acids is 2. The fraction of sp³-hybridized carbons (Fsp3) is 0.333. The first-order chi connectivity index (χ1) is 15.6. The first kappa shape index (κ1) is 22.6. The number of rotatable bonds is 7. The number of hydrogen-bond acceptors (Lipinski definition) is 6. The minimum atomic E-state index is -0.477. The number of amides is 1. The molecule has 166 valence electrons. The molecule has 8 heteroatoms. The molecule has 1 saturated heterocycles. The number of fused-ring (bicyclic) bond motifs is 1. The van der Waals surface area contributed by atoms with Crippen LogP contribution in [0.25, 0.3) is 11.0 Å². The number of carbonyl (C=O) groups is 2. The lowest BCUT2D eigenvalue weighted by molar-refractivity contribution is 0.0830. The van der Waals surface area contributed by atoms with E-state index in [2.05, 4.69) is 42.8 Å². The van der Waals surface area contributed by atoms with Crippen LogP contribution in [-0.4, -0.2) is 53.0 Å².